The average Bonchev–Trinajstić information content (AvgIpc) is 1.62. The standard InChI is InChI=1S/C4H10N2O2S/c1-5-6-4-2-9(7,8)3-4/h4-6H,2-3H2,1H3. The van der Waals surface area contributed by atoms with E-state index in [1.54, 1.807) is 7.05 Å². The van der Waals surface area contributed by atoms with Crippen LogP contribution in [-0.4, -0.2) is 33.0 Å². The van der Waals surface area contributed by atoms with E-state index in [9.17, 15) is 8.42 Å². The molecule has 0 aromatic carbocycles. The fourth-order valence-corrected chi connectivity index (χ4v) is 2.15. The largest absolute Gasteiger partial charge is 0.261 e. The van der Waals surface area contributed by atoms with Crippen LogP contribution in [0.4, 0.5) is 0 Å². The molecule has 1 saturated heterocycles. The summed E-state index contributed by atoms with van der Waals surface area (Å²) in [5, 5.41) is 0. The van der Waals surface area contributed by atoms with Gasteiger partial charge in [-0.05, 0) is 7.05 Å². The minimum absolute atomic E-state index is 0.125. The third-order valence-corrected chi connectivity index (χ3v) is 3.08. The molecule has 2 N–H and O–H groups in total. The summed E-state index contributed by atoms with van der Waals surface area (Å²) in [7, 11) is -0.928. The summed E-state index contributed by atoms with van der Waals surface area (Å²) in [6.45, 7) is 0. The number of nitrogens with one attached hydrogen (secondary N) is 2. The molecular formula is C4H10N2O2S. The Hall–Kier alpha value is -0.130. The molecule has 0 unspecified atom stereocenters. The van der Waals surface area contributed by atoms with Gasteiger partial charge in [-0.2, -0.15) is 0 Å². The molecule has 0 atom stereocenters. The Kier molecular flexibility index (Phi) is 1.74. The lowest BCUT2D eigenvalue weighted by Crippen LogP contribution is -2.54. The molecule has 1 fully saturated rings. The van der Waals surface area contributed by atoms with Crippen molar-refractivity contribution in [2.24, 2.45) is 0 Å². The maximum absolute atomic E-state index is 10.5. The molecule has 5 heteroatoms. The first-order chi connectivity index (χ1) is 4.14. The summed E-state index contributed by atoms with van der Waals surface area (Å²) in [6, 6.07) is 0.125. The van der Waals surface area contributed by atoms with Crippen molar-refractivity contribution in [3.05, 3.63) is 0 Å². The molecule has 0 saturated carbocycles. The van der Waals surface area contributed by atoms with E-state index >= 15 is 0 Å². The van der Waals surface area contributed by atoms with E-state index in [-0.39, 0.29) is 17.5 Å². The van der Waals surface area contributed by atoms with Gasteiger partial charge < -0.3 is 0 Å². The van der Waals surface area contributed by atoms with Crippen molar-refractivity contribution in [3.8, 4) is 0 Å². The zero-order valence-electron chi connectivity index (χ0n) is 5.22. The van der Waals surface area contributed by atoms with Gasteiger partial charge in [0.05, 0.1) is 11.5 Å². The molecule has 0 aromatic rings. The quantitative estimate of drug-likeness (QED) is 0.471. The van der Waals surface area contributed by atoms with E-state index in [0.717, 1.165) is 0 Å². The van der Waals surface area contributed by atoms with Crippen molar-refractivity contribution in [2.75, 3.05) is 18.6 Å². The molecule has 0 bridgehead atoms. The third kappa shape index (κ3) is 1.64. The highest BCUT2D eigenvalue weighted by molar-refractivity contribution is 7.92. The smallest absolute Gasteiger partial charge is 0.153 e. The molecule has 4 nitrogen and oxygen atoms in total. The van der Waals surface area contributed by atoms with Gasteiger partial charge in [0.15, 0.2) is 9.84 Å². The Morgan fingerprint density at radius 3 is 2.33 bits per heavy atom. The number of hydrogen-bond acceptors (Lipinski definition) is 4. The molecule has 0 amide bonds. The van der Waals surface area contributed by atoms with Crippen molar-refractivity contribution < 1.29 is 8.42 Å². The monoisotopic (exact) mass is 150 g/mol. The Morgan fingerprint density at radius 2 is 2.00 bits per heavy atom. The van der Waals surface area contributed by atoms with Crippen LogP contribution in [0.15, 0.2) is 0 Å². The number of sulfone groups is 1. The second kappa shape index (κ2) is 2.24. The Morgan fingerprint density at radius 1 is 1.44 bits per heavy atom. The summed E-state index contributed by atoms with van der Waals surface area (Å²) >= 11 is 0. The van der Waals surface area contributed by atoms with Crippen LogP contribution in [0, 0.1) is 0 Å². The SMILES string of the molecule is CNNC1CS(=O)(=O)C1. The van der Waals surface area contributed by atoms with E-state index < -0.39 is 9.84 Å². The average molecular weight is 150 g/mol. The molecule has 0 radical (unpaired) electrons. The van der Waals surface area contributed by atoms with Gasteiger partial charge >= 0.3 is 0 Å². The minimum Gasteiger partial charge on any atom is -0.261 e. The van der Waals surface area contributed by atoms with E-state index in [0.29, 0.717) is 0 Å². The summed E-state index contributed by atoms with van der Waals surface area (Å²) < 4.78 is 21.0. The van der Waals surface area contributed by atoms with Crippen molar-refractivity contribution >= 4 is 9.84 Å². The Balaban J connectivity index is 2.28. The van der Waals surface area contributed by atoms with Gasteiger partial charge in [-0.1, -0.05) is 0 Å². The van der Waals surface area contributed by atoms with Crippen LogP contribution in [0.5, 0.6) is 0 Å². The van der Waals surface area contributed by atoms with Crippen molar-refractivity contribution in [1.29, 1.82) is 0 Å². The van der Waals surface area contributed by atoms with E-state index in [1.165, 1.54) is 0 Å². The van der Waals surface area contributed by atoms with E-state index in [4.69, 9.17) is 0 Å². The van der Waals surface area contributed by atoms with Crippen LogP contribution in [0.1, 0.15) is 0 Å². The second-order valence-corrected chi connectivity index (χ2v) is 4.32. The zero-order chi connectivity index (χ0) is 6.91. The fraction of sp³-hybridized carbons (Fsp3) is 1.00. The zero-order valence-corrected chi connectivity index (χ0v) is 6.03. The summed E-state index contributed by atoms with van der Waals surface area (Å²) in [6.07, 6.45) is 0. The van der Waals surface area contributed by atoms with Gasteiger partial charge in [0, 0.05) is 6.04 Å². The molecule has 0 aromatic heterocycles. The van der Waals surface area contributed by atoms with Crippen molar-refractivity contribution in [1.82, 2.24) is 10.9 Å². The van der Waals surface area contributed by atoms with Gasteiger partial charge in [-0.3, -0.25) is 10.9 Å². The van der Waals surface area contributed by atoms with Crippen LogP contribution in [0.3, 0.4) is 0 Å². The lowest BCUT2D eigenvalue weighted by molar-refractivity contribution is 0.474. The van der Waals surface area contributed by atoms with Gasteiger partial charge in [0.1, 0.15) is 0 Å². The van der Waals surface area contributed by atoms with Gasteiger partial charge in [0.25, 0.3) is 0 Å². The van der Waals surface area contributed by atoms with E-state index in [2.05, 4.69) is 10.9 Å². The van der Waals surface area contributed by atoms with Crippen LogP contribution in [-0.2, 0) is 9.84 Å². The van der Waals surface area contributed by atoms with Crippen LogP contribution in [0.2, 0.25) is 0 Å². The molecular weight excluding hydrogens is 140 g/mol. The number of rotatable bonds is 2. The molecule has 1 aliphatic rings. The fourth-order valence-electron chi connectivity index (χ4n) is 0.852. The Bertz CT molecular complexity index is 175. The van der Waals surface area contributed by atoms with Gasteiger partial charge in [-0.15, -0.1) is 0 Å². The molecule has 9 heavy (non-hydrogen) atoms. The first kappa shape index (κ1) is 6.98. The minimum atomic E-state index is -2.66. The third-order valence-electron chi connectivity index (χ3n) is 1.26. The second-order valence-electron chi connectivity index (χ2n) is 2.17. The van der Waals surface area contributed by atoms with Crippen LogP contribution < -0.4 is 10.9 Å². The number of hydrogen-bond donors (Lipinski definition) is 2. The lowest BCUT2D eigenvalue weighted by Gasteiger charge is -2.25. The molecule has 1 rings (SSSR count). The first-order valence-corrected chi connectivity index (χ1v) is 4.59. The van der Waals surface area contributed by atoms with Crippen LogP contribution >= 0.6 is 0 Å². The Labute approximate surface area is 54.5 Å². The van der Waals surface area contributed by atoms with Crippen molar-refractivity contribution in [2.45, 2.75) is 6.04 Å². The summed E-state index contributed by atoms with van der Waals surface area (Å²) in [4.78, 5) is 0. The predicted octanol–water partition coefficient (Wildman–Crippen LogP) is -1.49. The predicted molar refractivity (Wildman–Crippen MR) is 34.6 cm³/mol. The van der Waals surface area contributed by atoms with Crippen LogP contribution in [0.25, 0.3) is 0 Å². The number of hydrazine groups is 1. The summed E-state index contributed by atoms with van der Waals surface area (Å²) in [5.41, 5.74) is 5.50. The molecule has 0 aliphatic carbocycles. The summed E-state index contributed by atoms with van der Waals surface area (Å²) in [5.74, 6) is 0.543. The molecule has 0 spiro atoms. The highest BCUT2D eigenvalue weighted by Gasteiger charge is 2.32. The van der Waals surface area contributed by atoms with Gasteiger partial charge in [0.2, 0.25) is 0 Å². The molecule has 1 heterocycles. The highest BCUT2D eigenvalue weighted by atomic mass is 32.2. The van der Waals surface area contributed by atoms with E-state index in [1.807, 2.05) is 0 Å². The molecule has 1 aliphatic heterocycles. The maximum Gasteiger partial charge on any atom is 0.153 e. The normalized spacial score (nSPS) is 25.4. The lowest BCUT2D eigenvalue weighted by atomic mass is 10.4. The topological polar surface area (TPSA) is 58.2 Å². The van der Waals surface area contributed by atoms with Gasteiger partial charge in [-0.25, -0.2) is 8.42 Å². The first-order valence-electron chi connectivity index (χ1n) is 2.77. The van der Waals surface area contributed by atoms with Crippen molar-refractivity contribution in [3.63, 3.8) is 0 Å². The highest BCUT2D eigenvalue weighted by Crippen LogP contribution is 2.08. The maximum atomic E-state index is 10.5. The molecule has 54 valence electrons.